The second-order valence-electron chi connectivity index (χ2n) is 5.20. The van der Waals surface area contributed by atoms with E-state index in [9.17, 15) is 5.11 Å². The maximum Gasteiger partial charge on any atom is 0.0679 e. The lowest BCUT2D eigenvalue weighted by Crippen LogP contribution is -2.21. The van der Waals surface area contributed by atoms with Crippen molar-refractivity contribution in [1.29, 1.82) is 0 Å². The fourth-order valence-corrected chi connectivity index (χ4v) is 2.75. The number of hydrogen-bond donors (Lipinski definition) is 1. The zero-order chi connectivity index (χ0) is 13.1. The van der Waals surface area contributed by atoms with Gasteiger partial charge in [0, 0.05) is 19.6 Å². The van der Waals surface area contributed by atoms with Gasteiger partial charge in [-0.2, -0.15) is 0 Å². The van der Waals surface area contributed by atoms with Gasteiger partial charge < -0.3 is 5.11 Å². The van der Waals surface area contributed by atoms with Crippen LogP contribution in [0.4, 0.5) is 0 Å². The molecule has 0 saturated carbocycles. The minimum Gasteiger partial charge on any atom is -0.392 e. The van der Waals surface area contributed by atoms with Gasteiger partial charge in [0.05, 0.1) is 6.10 Å². The summed E-state index contributed by atoms with van der Waals surface area (Å²) in [6.45, 7) is 2.70. The molecule has 1 aliphatic rings. The van der Waals surface area contributed by atoms with Gasteiger partial charge in [-0.05, 0) is 23.1 Å². The van der Waals surface area contributed by atoms with Crippen molar-refractivity contribution in [3.8, 4) is 11.1 Å². The van der Waals surface area contributed by atoms with Gasteiger partial charge in [0.15, 0.2) is 0 Å². The summed E-state index contributed by atoms with van der Waals surface area (Å²) in [5.74, 6) is 0. The monoisotopic (exact) mass is 253 g/mol. The van der Waals surface area contributed by atoms with E-state index < -0.39 is 0 Å². The lowest BCUT2D eigenvalue weighted by molar-refractivity contribution is 0.175. The molecule has 1 N–H and O–H groups in total. The molecule has 1 atom stereocenters. The van der Waals surface area contributed by atoms with E-state index in [-0.39, 0.29) is 6.10 Å². The van der Waals surface area contributed by atoms with Crippen molar-refractivity contribution in [1.82, 2.24) is 4.90 Å². The second-order valence-corrected chi connectivity index (χ2v) is 5.20. The molecule has 98 valence electrons. The molecule has 0 aromatic heterocycles. The molecule has 0 unspecified atom stereocenters. The highest BCUT2D eigenvalue weighted by Gasteiger charge is 2.20. The number of nitrogens with zero attached hydrogens (tertiary/aromatic N) is 1. The highest BCUT2D eigenvalue weighted by molar-refractivity contribution is 5.67. The smallest absolute Gasteiger partial charge is 0.0679 e. The largest absolute Gasteiger partial charge is 0.392 e. The number of likely N-dealkylation sites (tertiary alicyclic amines) is 1. The molecule has 19 heavy (non-hydrogen) atoms. The lowest BCUT2D eigenvalue weighted by Gasteiger charge is -2.17. The third-order valence-corrected chi connectivity index (χ3v) is 3.74. The van der Waals surface area contributed by atoms with Crippen LogP contribution in [-0.4, -0.2) is 29.2 Å². The van der Waals surface area contributed by atoms with E-state index in [1.165, 1.54) is 16.7 Å². The van der Waals surface area contributed by atoms with Crippen molar-refractivity contribution in [3.05, 3.63) is 60.2 Å². The van der Waals surface area contributed by atoms with Crippen LogP contribution < -0.4 is 0 Å². The Morgan fingerprint density at radius 2 is 1.74 bits per heavy atom. The fourth-order valence-electron chi connectivity index (χ4n) is 2.75. The van der Waals surface area contributed by atoms with Crippen LogP contribution >= 0.6 is 0 Å². The Hall–Kier alpha value is -1.64. The fraction of sp³-hybridized carbons (Fsp3) is 0.294. The minimum atomic E-state index is -0.149. The molecule has 0 bridgehead atoms. The van der Waals surface area contributed by atoms with Gasteiger partial charge in [0.25, 0.3) is 0 Å². The van der Waals surface area contributed by atoms with E-state index in [0.29, 0.717) is 0 Å². The van der Waals surface area contributed by atoms with Crippen LogP contribution in [0.5, 0.6) is 0 Å². The lowest BCUT2D eigenvalue weighted by atomic mass is 9.99. The number of aliphatic hydroxyl groups is 1. The van der Waals surface area contributed by atoms with E-state index in [0.717, 1.165) is 26.1 Å². The third kappa shape index (κ3) is 2.86. The van der Waals surface area contributed by atoms with Crippen LogP contribution in [0.2, 0.25) is 0 Å². The maximum absolute atomic E-state index is 9.62. The molecule has 1 heterocycles. The SMILES string of the molecule is O[C@H]1CCN(Cc2ccccc2-c2ccccc2)C1. The normalized spacial score (nSPS) is 19.7. The summed E-state index contributed by atoms with van der Waals surface area (Å²) >= 11 is 0. The van der Waals surface area contributed by atoms with Gasteiger partial charge >= 0.3 is 0 Å². The van der Waals surface area contributed by atoms with Crippen molar-refractivity contribution in [2.24, 2.45) is 0 Å². The first-order chi connectivity index (χ1) is 9.33. The first-order valence-corrected chi connectivity index (χ1v) is 6.86. The molecule has 2 heteroatoms. The first-order valence-electron chi connectivity index (χ1n) is 6.86. The van der Waals surface area contributed by atoms with Gasteiger partial charge in [0.2, 0.25) is 0 Å². The topological polar surface area (TPSA) is 23.5 Å². The molecular formula is C17H19NO. The van der Waals surface area contributed by atoms with Crippen LogP contribution in [0.15, 0.2) is 54.6 Å². The second kappa shape index (κ2) is 5.55. The van der Waals surface area contributed by atoms with Crippen LogP contribution in [0.3, 0.4) is 0 Å². The molecular weight excluding hydrogens is 234 g/mol. The average Bonchev–Trinajstić information content (AvgIpc) is 2.86. The predicted molar refractivity (Wildman–Crippen MR) is 77.8 cm³/mol. The molecule has 3 rings (SSSR count). The molecule has 0 aliphatic carbocycles. The molecule has 2 aromatic carbocycles. The Balaban J connectivity index is 1.86. The first kappa shape index (κ1) is 12.4. The number of β-amino-alcohol motifs (C(OH)–C–C–N with tert-alkyl or cyclic N) is 1. The summed E-state index contributed by atoms with van der Waals surface area (Å²) in [6, 6.07) is 19.0. The van der Waals surface area contributed by atoms with Crippen LogP contribution in [0.1, 0.15) is 12.0 Å². The summed E-state index contributed by atoms with van der Waals surface area (Å²) in [5.41, 5.74) is 3.89. The maximum atomic E-state index is 9.62. The summed E-state index contributed by atoms with van der Waals surface area (Å²) in [4.78, 5) is 2.33. The molecule has 0 radical (unpaired) electrons. The molecule has 1 fully saturated rings. The quantitative estimate of drug-likeness (QED) is 0.909. The molecule has 1 saturated heterocycles. The summed E-state index contributed by atoms with van der Waals surface area (Å²) in [5, 5.41) is 9.62. The molecule has 2 aromatic rings. The molecule has 0 amide bonds. The van der Waals surface area contributed by atoms with Crippen molar-refractivity contribution < 1.29 is 5.11 Å². The predicted octanol–water partition coefficient (Wildman–Crippen LogP) is 2.92. The van der Waals surface area contributed by atoms with E-state index in [1.54, 1.807) is 0 Å². The Morgan fingerprint density at radius 3 is 2.47 bits per heavy atom. The Labute approximate surface area is 114 Å². The van der Waals surface area contributed by atoms with Crippen molar-refractivity contribution in [2.45, 2.75) is 19.1 Å². The summed E-state index contributed by atoms with van der Waals surface area (Å²) < 4.78 is 0. The standard InChI is InChI=1S/C17H19NO/c19-16-10-11-18(13-16)12-15-8-4-5-9-17(15)14-6-2-1-3-7-14/h1-9,16,19H,10-13H2/t16-/m0/s1. The zero-order valence-electron chi connectivity index (χ0n) is 11.0. The van der Waals surface area contributed by atoms with E-state index >= 15 is 0 Å². The number of benzene rings is 2. The average molecular weight is 253 g/mol. The minimum absolute atomic E-state index is 0.149. The number of hydrogen-bond acceptors (Lipinski definition) is 2. The Kier molecular flexibility index (Phi) is 3.62. The highest BCUT2D eigenvalue weighted by atomic mass is 16.3. The van der Waals surface area contributed by atoms with Crippen LogP contribution in [0.25, 0.3) is 11.1 Å². The zero-order valence-corrected chi connectivity index (χ0v) is 11.0. The van der Waals surface area contributed by atoms with Crippen molar-refractivity contribution in [2.75, 3.05) is 13.1 Å². The van der Waals surface area contributed by atoms with Crippen molar-refractivity contribution >= 4 is 0 Å². The van der Waals surface area contributed by atoms with Gasteiger partial charge in [-0.1, -0.05) is 54.6 Å². The van der Waals surface area contributed by atoms with Gasteiger partial charge in [-0.3, -0.25) is 4.90 Å². The number of rotatable bonds is 3. The molecule has 0 spiro atoms. The summed E-state index contributed by atoms with van der Waals surface area (Å²) in [6.07, 6.45) is 0.747. The van der Waals surface area contributed by atoms with Crippen molar-refractivity contribution in [3.63, 3.8) is 0 Å². The van der Waals surface area contributed by atoms with Gasteiger partial charge in [0.1, 0.15) is 0 Å². The Morgan fingerprint density at radius 1 is 1.00 bits per heavy atom. The third-order valence-electron chi connectivity index (χ3n) is 3.74. The van der Waals surface area contributed by atoms with E-state index in [1.807, 2.05) is 6.07 Å². The summed E-state index contributed by atoms with van der Waals surface area (Å²) in [7, 11) is 0. The molecule has 1 aliphatic heterocycles. The Bertz CT molecular complexity index is 538. The molecule has 2 nitrogen and oxygen atoms in total. The van der Waals surface area contributed by atoms with Gasteiger partial charge in [-0.15, -0.1) is 0 Å². The van der Waals surface area contributed by atoms with E-state index in [4.69, 9.17) is 0 Å². The van der Waals surface area contributed by atoms with Gasteiger partial charge in [-0.25, -0.2) is 0 Å². The van der Waals surface area contributed by atoms with Crippen LogP contribution in [0, 0.1) is 0 Å². The number of aliphatic hydroxyl groups excluding tert-OH is 1. The van der Waals surface area contributed by atoms with Crippen LogP contribution in [-0.2, 0) is 6.54 Å². The highest BCUT2D eigenvalue weighted by Crippen LogP contribution is 2.25. The van der Waals surface area contributed by atoms with E-state index in [2.05, 4.69) is 53.4 Å².